The lowest BCUT2D eigenvalue weighted by molar-refractivity contribution is 0.242. The average molecular weight is 363 g/mol. The number of hydrogen-bond acceptors (Lipinski definition) is 5. The molecule has 5 heterocycles. The number of nitrogens with zero attached hydrogens (tertiary/aromatic N) is 3. The Balaban J connectivity index is 1.42. The van der Waals surface area contributed by atoms with E-state index in [1.165, 1.54) is 5.56 Å². The van der Waals surface area contributed by atoms with E-state index in [0.717, 1.165) is 46.7 Å². The van der Waals surface area contributed by atoms with Crippen LogP contribution in [0.1, 0.15) is 16.8 Å². The first-order valence-corrected chi connectivity index (χ1v) is 9.45. The normalized spacial score (nSPS) is 14.6. The maximum absolute atomic E-state index is 12.6. The van der Waals surface area contributed by atoms with Crippen molar-refractivity contribution in [2.24, 2.45) is 0 Å². The molecule has 0 bridgehead atoms. The van der Waals surface area contributed by atoms with Crippen LogP contribution in [0.5, 0.6) is 0 Å². The number of aromatic amines is 2. The number of pyridine rings is 1. The van der Waals surface area contributed by atoms with Crippen molar-refractivity contribution in [3.05, 3.63) is 69.2 Å². The van der Waals surface area contributed by atoms with Gasteiger partial charge in [0.15, 0.2) is 5.82 Å². The van der Waals surface area contributed by atoms with Crippen LogP contribution >= 0.6 is 11.3 Å². The SMILES string of the molecule is O=c1[nH]c(-c2cccs2)nc2c1CN(Cc1c[nH]c3ncccc13)CC2. The molecule has 6 nitrogen and oxygen atoms in total. The van der Waals surface area contributed by atoms with Crippen LogP contribution < -0.4 is 5.56 Å². The maximum Gasteiger partial charge on any atom is 0.255 e. The van der Waals surface area contributed by atoms with Crippen LogP contribution in [0, 0.1) is 0 Å². The predicted octanol–water partition coefficient (Wildman–Crippen LogP) is 2.93. The van der Waals surface area contributed by atoms with Crippen LogP contribution in [0.2, 0.25) is 0 Å². The van der Waals surface area contributed by atoms with E-state index < -0.39 is 0 Å². The molecule has 0 radical (unpaired) electrons. The van der Waals surface area contributed by atoms with Crippen LogP contribution in [-0.2, 0) is 19.5 Å². The summed E-state index contributed by atoms with van der Waals surface area (Å²) in [7, 11) is 0. The van der Waals surface area contributed by atoms with Gasteiger partial charge in [0.25, 0.3) is 5.56 Å². The second-order valence-corrected chi connectivity index (χ2v) is 7.44. The summed E-state index contributed by atoms with van der Waals surface area (Å²) in [6.45, 7) is 2.30. The van der Waals surface area contributed by atoms with Gasteiger partial charge < -0.3 is 9.97 Å². The van der Waals surface area contributed by atoms with E-state index in [4.69, 9.17) is 4.98 Å². The summed E-state index contributed by atoms with van der Waals surface area (Å²) in [6.07, 6.45) is 4.59. The molecule has 0 saturated heterocycles. The second kappa shape index (κ2) is 6.19. The number of thiophene rings is 1. The molecule has 0 spiro atoms. The molecule has 0 unspecified atom stereocenters. The first kappa shape index (κ1) is 15.5. The molecular formula is C19H17N5OS. The van der Waals surface area contributed by atoms with Crippen molar-refractivity contribution in [2.75, 3.05) is 6.54 Å². The van der Waals surface area contributed by atoms with Gasteiger partial charge in [-0.25, -0.2) is 9.97 Å². The molecule has 0 atom stereocenters. The molecule has 0 fully saturated rings. The van der Waals surface area contributed by atoms with Gasteiger partial charge in [-0.15, -0.1) is 11.3 Å². The van der Waals surface area contributed by atoms with Gasteiger partial charge >= 0.3 is 0 Å². The highest BCUT2D eigenvalue weighted by Crippen LogP contribution is 2.24. The van der Waals surface area contributed by atoms with Crippen molar-refractivity contribution < 1.29 is 0 Å². The molecule has 1 aliphatic heterocycles. The monoisotopic (exact) mass is 363 g/mol. The van der Waals surface area contributed by atoms with E-state index in [1.807, 2.05) is 29.8 Å². The van der Waals surface area contributed by atoms with Crippen LogP contribution in [0.3, 0.4) is 0 Å². The third kappa shape index (κ3) is 2.65. The van der Waals surface area contributed by atoms with Gasteiger partial charge in [0.2, 0.25) is 0 Å². The number of H-pyrrole nitrogens is 2. The van der Waals surface area contributed by atoms with Gasteiger partial charge in [-0.2, -0.15) is 0 Å². The number of hydrogen-bond donors (Lipinski definition) is 2. The minimum Gasteiger partial charge on any atom is -0.346 e. The van der Waals surface area contributed by atoms with E-state index in [2.05, 4.69) is 25.9 Å². The molecule has 0 aromatic carbocycles. The zero-order chi connectivity index (χ0) is 17.5. The topological polar surface area (TPSA) is 77.7 Å². The number of nitrogens with one attached hydrogen (secondary N) is 2. The highest BCUT2D eigenvalue weighted by atomic mass is 32.1. The van der Waals surface area contributed by atoms with Crippen LogP contribution in [0.4, 0.5) is 0 Å². The standard InChI is InChI=1S/C19H17N5OS/c25-19-14-11-24(10-12-9-21-17-13(12)3-1-6-20-17)7-5-15(14)22-18(23-19)16-4-2-8-26-16/h1-4,6,8-9H,5,7,10-11H2,(H,20,21)(H,22,23,25). The fraction of sp³-hybridized carbons (Fsp3) is 0.211. The minimum atomic E-state index is -0.0244. The Bertz CT molecular complexity index is 1130. The summed E-state index contributed by atoms with van der Waals surface area (Å²) < 4.78 is 0. The van der Waals surface area contributed by atoms with Crippen molar-refractivity contribution in [1.82, 2.24) is 24.8 Å². The average Bonchev–Trinajstić information content (AvgIpc) is 3.33. The van der Waals surface area contributed by atoms with Gasteiger partial charge in [-0.3, -0.25) is 9.69 Å². The summed E-state index contributed by atoms with van der Waals surface area (Å²) in [4.78, 5) is 31.1. The van der Waals surface area contributed by atoms with Gasteiger partial charge in [0.05, 0.1) is 16.1 Å². The number of fused-ring (bicyclic) bond motifs is 2. The summed E-state index contributed by atoms with van der Waals surface area (Å²) in [6, 6.07) is 7.98. The quantitative estimate of drug-likeness (QED) is 0.587. The van der Waals surface area contributed by atoms with Gasteiger partial charge in [0, 0.05) is 43.8 Å². The molecule has 4 aromatic heterocycles. The van der Waals surface area contributed by atoms with E-state index >= 15 is 0 Å². The van der Waals surface area contributed by atoms with E-state index in [0.29, 0.717) is 12.4 Å². The van der Waals surface area contributed by atoms with Gasteiger partial charge in [-0.1, -0.05) is 6.07 Å². The summed E-state index contributed by atoms with van der Waals surface area (Å²) in [5.41, 5.74) is 3.79. The first-order chi connectivity index (χ1) is 12.8. The lowest BCUT2D eigenvalue weighted by atomic mass is 10.1. The molecule has 2 N–H and O–H groups in total. The Morgan fingerprint density at radius 1 is 1.27 bits per heavy atom. The Morgan fingerprint density at radius 3 is 3.12 bits per heavy atom. The minimum absolute atomic E-state index is 0.0244. The van der Waals surface area contributed by atoms with Crippen molar-refractivity contribution in [3.8, 4) is 10.7 Å². The lowest BCUT2D eigenvalue weighted by Crippen LogP contribution is -2.35. The smallest absolute Gasteiger partial charge is 0.255 e. The zero-order valence-electron chi connectivity index (χ0n) is 14.0. The molecule has 0 aliphatic carbocycles. The third-order valence-corrected chi connectivity index (χ3v) is 5.71. The molecule has 1 aliphatic rings. The van der Waals surface area contributed by atoms with Crippen LogP contribution in [-0.4, -0.2) is 31.4 Å². The lowest BCUT2D eigenvalue weighted by Gasteiger charge is -2.27. The largest absolute Gasteiger partial charge is 0.346 e. The van der Waals surface area contributed by atoms with E-state index in [9.17, 15) is 4.79 Å². The molecule has 26 heavy (non-hydrogen) atoms. The number of rotatable bonds is 3. The molecule has 5 rings (SSSR count). The molecule has 7 heteroatoms. The Kier molecular flexibility index (Phi) is 3.69. The Morgan fingerprint density at radius 2 is 2.23 bits per heavy atom. The fourth-order valence-electron chi connectivity index (χ4n) is 3.53. The van der Waals surface area contributed by atoms with E-state index in [-0.39, 0.29) is 5.56 Å². The predicted molar refractivity (Wildman–Crippen MR) is 102 cm³/mol. The molecule has 4 aromatic rings. The summed E-state index contributed by atoms with van der Waals surface area (Å²) in [5, 5.41) is 3.13. The van der Waals surface area contributed by atoms with Crippen molar-refractivity contribution in [2.45, 2.75) is 19.5 Å². The van der Waals surface area contributed by atoms with Gasteiger partial charge in [0.1, 0.15) is 5.65 Å². The molecular weight excluding hydrogens is 346 g/mol. The van der Waals surface area contributed by atoms with Crippen molar-refractivity contribution >= 4 is 22.4 Å². The summed E-state index contributed by atoms with van der Waals surface area (Å²) in [5.74, 6) is 0.680. The first-order valence-electron chi connectivity index (χ1n) is 8.57. The third-order valence-electron chi connectivity index (χ3n) is 4.83. The Hall–Kier alpha value is -2.77. The Labute approximate surface area is 153 Å². The van der Waals surface area contributed by atoms with Gasteiger partial charge in [-0.05, 0) is 29.1 Å². The van der Waals surface area contributed by atoms with Crippen LogP contribution in [0.15, 0.2) is 46.8 Å². The summed E-state index contributed by atoms with van der Waals surface area (Å²) >= 11 is 1.59. The second-order valence-electron chi connectivity index (χ2n) is 6.49. The maximum atomic E-state index is 12.6. The fourth-order valence-corrected chi connectivity index (χ4v) is 4.20. The number of aromatic nitrogens is 4. The highest BCUT2D eigenvalue weighted by molar-refractivity contribution is 7.13. The molecule has 0 saturated carbocycles. The molecule has 130 valence electrons. The molecule has 0 amide bonds. The highest BCUT2D eigenvalue weighted by Gasteiger charge is 2.22. The van der Waals surface area contributed by atoms with Crippen LogP contribution in [0.25, 0.3) is 21.7 Å². The van der Waals surface area contributed by atoms with Crippen molar-refractivity contribution in [3.63, 3.8) is 0 Å². The van der Waals surface area contributed by atoms with Crippen molar-refractivity contribution in [1.29, 1.82) is 0 Å². The zero-order valence-corrected chi connectivity index (χ0v) is 14.8. The van der Waals surface area contributed by atoms with E-state index in [1.54, 1.807) is 17.5 Å².